The van der Waals surface area contributed by atoms with E-state index in [1.807, 2.05) is 0 Å². The van der Waals surface area contributed by atoms with Crippen LogP contribution in [-0.2, 0) is 4.79 Å². The van der Waals surface area contributed by atoms with Crippen LogP contribution in [-0.4, -0.2) is 24.9 Å². The predicted octanol–water partition coefficient (Wildman–Crippen LogP) is 0.301. The van der Waals surface area contributed by atoms with Gasteiger partial charge in [-0.25, -0.2) is 0 Å². The van der Waals surface area contributed by atoms with Crippen LogP contribution >= 0.6 is 0 Å². The lowest BCUT2D eigenvalue weighted by molar-refractivity contribution is -0.119. The number of amides is 2. The molecule has 0 heterocycles. The summed E-state index contributed by atoms with van der Waals surface area (Å²) in [4.78, 5) is 22.8. The Morgan fingerprint density at radius 1 is 1.24 bits per heavy atom. The summed E-state index contributed by atoms with van der Waals surface area (Å²) in [5.74, 6) is -0.563. The Labute approximate surface area is 99.7 Å². The highest BCUT2D eigenvalue weighted by molar-refractivity contribution is 5.96. The summed E-state index contributed by atoms with van der Waals surface area (Å²) in [6.07, 6.45) is 1.57. The van der Waals surface area contributed by atoms with Crippen molar-refractivity contribution in [2.75, 3.05) is 18.8 Å². The highest BCUT2D eigenvalue weighted by Gasteiger charge is 2.06. The molecule has 0 atom stereocenters. The molecule has 1 aromatic rings. The van der Waals surface area contributed by atoms with E-state index in [2.05, 4.69) is 17.2 Å². The van der Waals surface area contributed by atoms with Crippen molar-refractivity contribution in [1.29, 1.82) is 0 Å². The lowest BCUT2D eigenvalue weighted by atomic mass is 10.2. The average Bonchev–Trinajstić information content (AvgIpc) is 2.34. The molecule has 1 rings (SSSR count). The van der Waals surface area contributed by atoms with Gasteiger partial charge in [-0.3, -0.25) is 9.59 Å². The molecule has 0 bridgehead atoms. The topological polar surface area (TPSA) is 84.2 Å². The van der Waals surface area contributed by atoms with Crippen molar-refractivity contribution in [3.63, 3.8) is 0 Å². The Morgan fingerprint density at radius 2 is 1.88 bits per heavy atom. The molecule has 0 aliphatic heterocycles. The van der Waals surface area contributed by atoms with Crippen molar-refractivity contribution in [3.05, 3.63) is 42.5 Å². The smallest absolute Gasteiger partial charge is 0.251 e. The minimum atomic E-state index is -0.307. The highest BCUT2D eigenvalue weighted by atomic mass is 16.2. The van der Waals surface area contributed by atoms with Gasteiger partial charge in [0, 0.05) is 17.8 Å². The van der Waals surface area contributed by atoms with Gasteiger partial charge in [-0.1, -0.05) is 6.08 Å². The first kappa shape index (κ1) is 12.8. The van der Waals surface area contributed by atoms with E-state index in [1.54, 1.807) is 30.3 Å². The van der Waals surface area contributed by atoms with Crippen LogP contribution in [0, 0.1) is 0 Å². The molecule has 4 N–H and O–H groups in total. The van der Waals surface area contributed by atoms with Crippen LogP contribution in [0.1, 0.15) is 10.4 Å². The van der Waals surface area contributed by atoms with Crippen molar-refractivity contribution in [2.24, 2.45) is 0 Å². The fourth-order valence-corrected chi connectivity index (χ4v) is 1.15. The minimum Gasteiger partial charge on any atom is -0.399 e. The van der Waals surface area contributed by atoms with Crippen molar-refractivity contribution in [3.8, 4) is 0 Å². The monoisotopic (exact) mass is 233 g/mol. The SMILES string of the molecule is C=CCNC(=O)CNC(=O)c1ccc(N)cc1. The van der Waals surface area contributed by atoms with Crippen LogP contribution in [0.5, 0.6) is 0 Å². The zero-order valence-electron chi connectivity index (χ0n) is 9.40. The molecule has 1 aromatic carbocycles. The lowest BCUT2D eigenvalue weighted by Gasteiger charge is -2.05. The molecule has 0 aliphatic carbocycles. The zero-order valence-corrected chi connectivity index (χ0v) is 9.40. The average molecular weight is 233 g/mol. The quantitative estimate of drug-likeness (QED) is 0.505. The summed E-state index contributed by atoms with van der Waals surface area (Å²) in [5, 5.41) is 5.06. The third-order valence-corrected chi connectivity index (χ3v) is 2.03. The maximum absolute atomic E-state index is 11.6. The van der Waals surface area contributed by atoms with Crippen LogP contribution in [0.3, 0.4) is 0 Å². The highest BCUT2D eigenvalue weighted by Crippen LogP contribution is 2.04. The molecule has 0 unspecified atom stereocenters. The first-order chi connectivity index (χ1) is 8.13. The number of hydrogen-bond donors (Lipinski definition) is 3. The van der Waals surface area contributed by atoms with Crippen molar-refractivity contribution in [2.45, 2.75) is 0 Å². The molecular weight excluding hydrogens is 218 g/mol. The van der Waals surface area contributed by atoms with E-state index in [0.717, 1.165) is 0 Å². The second-order valence-electron chi connectivity index (χ2n) is 3.40. The summed E-state index contributed by atoms with van der Waals surface area (Å²) < 4.78 is 0. The molecule has 0 saturated carbocycles. The Balaban J connectivity index is 2.42. The second-order valence-corrected chi connectivity index (χ2v) is 3.40. The Kier molecular flexibility index (Phi) is 4.75. The van der Waals surface area contributed by atoms with Gasteiger partial charge < -0.3 is 16.4 Å². The van der Waals surface area contributed by atoms with Gasteiger partial charge >= 0.3 is 0 Å². The van der Waals surface area contributed by atoms with Gasteiger partial charge in [-0.15, -0.1) is 6.58 Å². The Bertz CT molecular complexity index is 412. The zero-order chi connectivity index (χ0) is 12.7. The summed E-state index contributed by atoms with van der Waals surface area (Å²) in [7, 11) is 0. The van der Waals surface area contributed by atoms with Crippen LogP contribution in [0.4, 0.5) is 5.69 Å². The number of carbonyl (C=O) groups is 2. The predicted molar refractivity (Wildman–Crippen MR) is 66.4 cm³/mol. The molecule has 5 heteroatoms. The molecule has 90 valence electrons. The van der Waals surface area contributed by atoms with Crippen LogP contribution in [0.15, 0.2) is 36.9 Å². The van der Waals surface area contributed by atoms with Gasteiger partial charge in [0.25, 0.3) is 5.91 Å². The number of rotatable bonds is 5. The van der Waals surface area contributed by atoms with E-state index in [0.29, 0.717) is 17.8 Å². The Hall–Kier alpha value is -2.30. The fourth-order valence-electron chi connectivity index (χ4n) is 1.15. The third kappa shape index (κ3) is 4.38. The maximum atomic E-state index is 11.6. The Morgan fingerprint density at radius 3 is 2.47 bits per heavy atom. The van der Waals surface area contributed by atoms with Crippen LogP contribution in [0.2, 0.25) is 0 Å². The maximum Gasteiger partial charge on any atom is 0.251 e. The molecule has 0 spiro atoms. The number of hydrogen-bond acceptors (Lipinski definition) is 3. The molecule has 0 radical (unpaired) electrons. The van der Waals surface area contributed by atoms with Crippen molar-refractivity contribution >= 4 is 17.5 Å². The van der Waals surface area contributed by atoms with E-state index in [1.165, 1.54) is 0 Å². The van der Waals surface area contributed by atoms with E-state index in [-0.39, 0.29) is 18.4 Å². The van der Waals surface area contributed by atoms with Gasteiger partial charge in [0.2, 0.25) is 5.91 Å². The summed E-state index contributed by atoms with van der Waals surface area (Å²) in [6, 6.07) is 6.47. The van der Waals surface area contributed by atoms with Crippen LogP contribution < -0.4 is 16.4 Å². The van der Waals surface area contributed by atoms with E-state index in [4.69, 9.17) is 5.73 Å². The number of benzene rings is 1. The summed E-state index contributed by atoms with van der Waals surface area (Å²) in [5.41, 5.74) is 6.56. The van der Waals surface area contributed by atoms with Crippen molar-refractivity contribution < 1.29 is 9.59 Å². The van der Waals surface area contributed by atoms with Gasteiger partial charge in [-0.2, -0.15) is 0 Å². The molecule has 5 nitrogen and oxygen atoms in total. The molecule has 0 fully saturated rings. The standard InChI is InChI=1S/C12H15N3O2/c1-2-7-14-11(16)8-15-12(17)9-3-5-10(13)6-4-9/h2-6H,1,7-8,13H2,(H,14,16)(H,15,17). The normalized spacial score (nSPS) is 9.41. The van der Waals surface area contributed by atoms with Gasteiger partial charge in [0.1, 0.15) is 0 Å². The molecular formula is C12H15N3O2. The first-order valence-electron chi connectivity index (χ1n) is 5.15. The molecule has 0 saturated heterocycles. The fraction of sp³-hybridized carbons (Fsp3) is 0.167. The number of nitrogens with two attached hydrogens (primary N) is 1. The number of nitrogens with one attached hydrogen (secondary N) is 2. The number of anilines is 1. The summed E-state index contributed by atoms with van der Waals surface area (Å²) >= 11 is 0. The lowest BCUT2D eigenvalue weighted by Crippen LogP contribution is -2.36. The van der Waals surface area contributed by atoms with Crippen molar-refractivity contribution in [1.82, 2.24) is 10.6 Å². The third-order valence-electron chi connectivity index (χ3n) is 2.03. The molecule has 2 amide bonds. The molecule has 17 heavy (non-hydrogen) atoms. The van der Waals surface area contributed by atoms with Gasteiger partial charge in [0.05, 0.1) is 6.54 Å². The second kappa shape index (κ2) is 6.32. The summed E-state index contributed by atoms with van der Waals surface area (Å²) in [6.45, 7) is 3.80. The first-order valence-corrected chi connectivity index (χ1v) is 5.15. The van der Waals surface area contributed by atoms with E-state index in [9.17, 15) is 9.59 Å². The molecule has 0 aliphatic rings. The van der Waals surface area contributed by atoms with Gasteiger partial charge in [-0.05, 0) is 24.3 Å². The van der Waals surface area contributed by atoms with Crippen LogP contribution in [0.25, 0.3) is 0 Å². The number of carbonyl (C=O) groups excluding carboxylic acids is 2. The van der Waals surface area contributed by atoms with E-state index < -0.39 is 0 Å². The molecule has 0 aromatic heterocycles. The minimum absolute atomic E-state index is 0.0585. The largest absolute Gasteiger partial charge is 0.399 e. The van der Waals surface area contributed by atoms with E-state index >= 15 is 0 Å². The van der Waals surface area contributed by atoms with Gasteiger partial charge in [0.15, 0.2) is 0 Å². The number of nitrogen functional groups attached to an aromatic ring is 1.